The van der Waals surface area contributed by atoms with Gasteiger partial charge in [0.2, 0.25) is 0 Å². The monoisotopic (exact) mass is 299 g/mol. The van der Waals surface area contributed by atoms with Crippen molar-refractivity contribution in [2.24, 2.45) is 0 Å². The number of aromatic nitrogens is 1. The minimum atomic E-state index is -3.46. The van der Waals surface area contributed by atoms with E-state index in [-0.39, 0.29) is 5.03 Å². The Morgan fingerprint density at radius 3 is 2.50 bits per heavy atom. The molecule has 0 spiro atoms. The summed E-state index contributed by atoms with van der Waals surface area (Å²) in [5.41, 5.74) is 0.988. The average Bonchev–Trinajstić information content (AvgIpc) is 2.46. The normalized spacial score (nSPS) is 12.0. The first-order valence-corrected chi connectivity index (χ1v) is 8.66. The Bertz CT molecular complexity index is 486. The van der Waals surface area contributed by atoms with Gasteiger partial charge < -0.3 is 5.32 Å². The molecule has 1 N–H and O–H groups in total. The van der Waals surface area contributed by atoms with E-state index in [0.29, 0.717) is 19.6 Å². The minimum Gasteiger partial charge on any atom is -0.313 e. The number of rotatable bonds is 9. The van der Waals surface area contributed by atoms with E-state index in [9.17, 15) is 8.42 Å². The molecule has 0 aliphatic heterocycles. The predicted molar refractivity (Wildman–Crippen MR) is 81.0 cm³/mol. The maximum Gasteiger partial charge on any atom is 0.260 e. The van der Waals surface area contributed by atoms with Crippen molar-refractivity contribution in [3.63, 3.8) is 0 Å². The highest BCUT2D eigenvalue weighted by atomic mass is 32.2. The van der Waals surface area contributed by atoms with Crippen molar-refractivity contribution in [3.8, 4) is 0 Å². The van der Waals surface area contributed by atoms with E-state index in [2.05, 4.69) is 10.3 Å². The molecule has 1 aromatic heterocycles. The van der Waals surface area contributed by atoms with Crippen molar-refractivity contribution >= 4 is 10.0 Å². The molecule has 1 rings (SSSR count). The molecule has 0 bridgehead atoms. The van der Waals surface area contributed by atoms with Gasteiger partial charge in [-0.25, -0.2) is 13.4 Å². The van der Waals surface area contributed by atoms with Gasteiger partial charge >= 0.3 is 0 Å². The molecule has 0 radical (unpaired) electrons. The Labute approximate surface area is 122 Å². The lowest BCUT2D eigenvalue weighted by molar-refractivity contribution is 0.417. The summed E-state index contributed by atoms with van der Waals surface area (Å²) in [5.74, 6) is 0. The van der Waals surface area contributed by atoms with Crippen LogP contribution in [0.25, 0.3) is 0 Å². The molecular formula is C14H25N3O2S. The van der Waals surface area contributed by atoms with Crippen LogP contribution in [0.2, 0.25) is 0 Å². The molecule has 0 fully saturated rings. The summed E-state index contributed by atoms with van der Waals surface area (Å²) in [4.78, 5) is 4.11. The van der Waals surface area contributed by atoms with E-state index in [1.807, 2.05) is 26.8 Å². The van der Waals surface area contributed by atoms with Crippen LogP contribution in [-0.2, 0) is 16.6 Å². The molecule has 0 amide bonds. The van der Waals surface area contributed by atoms with E-state index >= 15 is 0 Å². The maximum atomic E-state index is 12.4. The van der Waals surface area contributed by atoms with E-state index in [4.69, 9.17) is 0 Å². The number of hydrogen-bond donors (Lipinski definition) is 1. The van der Waals surface area contributed by atoms with Crippen LogP contribution in [-0.4, -0.2) is 37.3 Å². The number of unbranched alkanes of at least 4 members (excludes halogenated alkanes) is 1. The van der Waals surface area contributed by atoms with Crippen molar-refractivity contribution in [2.75, 3.05) is 19.6 Å². The molecule has 0 aliphatic rings. The standard InChI is InChI=1S/C14H25N3O2S/c1-4-7-10-17(6-3)20(18,19)14-9-8-13(12-16-14)11-15-5-2/h8-9,12,15H,4-7,10-11H2,1-3H3. The van der Waals surface area contributed by atoms with Gasteiger partial charge in [0.15, 0.2) is 5.03 Å². The summed E-state index contributed by atoms with van der Waals surface area (Å²) >= 11 is 0. The highest BCUT2D eigenvalue weighted by Gasteiger charge is 2.23. The SMILES string of the molecule is CCCCN(CC)S(=O)(=O)c1ccc(CNCC)cn1. The molecule has 20 heavy (non-hydrogen) atoms. The molecule has 6 heteroatoms. The second-order valence-electron chi connectivity index (χ2n) is 4.64. The van der Waals surface area contributed by atoms with E-state index < -0.39 is 10.0 Å². The van der Waals surface area contributed by atoms with Crippen LogP contribution in [0.3, 0.4) is 0 Å². The number of nitrogens with zero attached hydrogens (tertiary/aromatic N) is 2. The zero-order valence-corrected chi connectivity index (χ0v) is 13.4. The predicted octanol–water partition coefficient (Wildman–Crippen LogP) is 2.00. The molecule has 0 saturated carbocycles. The summed E-state index contributed by atoms with van der Waals surface area (Å²) in [5, 5.41) is 3.32. The molecule has 114 valence electrons. The zero-order valence-electron chi connectivity index (χ0n) is 12.6. The molecule has 0 aromatic carbocycles. The number of hydrogen-bond acceptors (Lipinski definition) is 4. The van der Waals surface area contributed by atoms with E-state index in [1.54, 1.807) is 12.3 Å². The van der Waals surface area contributed by atoms with Gasteiger partial charge in [-0.2, -0.15) is 4.31 Å². The van der Waals surface area contributed by atoms with Gasteiger partial charge in [-0.05, 0) is 24.6 Å². The summed E-state index contributed by atoms with van der Waals surface area (Å²) in [6.07, 6.45) is 3.47. The minimum absolute atomic E-state index is 0.135. The molecule has 0 aliphatic carbocycles. The maximum absolute atomic E-state index is 12.4. The number of pyridine rings is 1. The van der Waals surface area contributed by atoms with Gasteiger partial charge in [-0.1, -0.05) is 33.3 Å². The van der Waals surface area contributed by atoms with Crippen molar-refractivity contribution < 1.29 is 8.42 Å². The summed E-state index contributed by atoms with van der Waals surface area (Å²) in [6.45, 7) is 8.54. The topological polar surface area (TPSA) is 62.3 Å². The largest absolute Gasteiger partial charge is 0.313 e. The van der Waals surface area contributed by atoms with E-state index in [0.717, 1.165) is 24.9 Å². The third-order valence-corrected chi connectivity index (χ3v) is 4.99. The van der Waals surface area contributed by atoms with Gasteiger partial charge in [0.05, 0.1) is 0 Å². The lowest BCUT2D eigenvalue weighted by atomic mass is 10.3. The van der Waals surface area contributed by atoms with Crippen LogP contribution in [0.4, 0.5) is 0 Å². The second-order valence-corrected chi connectivity index (χ2v) is 6.52. The van der Waals surface area contributed by atoms with Crippen molar-refractivity contribution in [3.05, 3.63) is 23.9 Å². The third-order valence-electron chi connectivity index (χ3n) is 3.09. The smallest absolute Gasteiger partial charge is 0.260 e. The van der Waals surface area contributed by atoms with Gasteiger partial charge in [-0.15, -0.1) is 0 Å². The van der Waals surface area contributed by atoms with Crippen molar-refractivity contribution in [1.29, 1.82) is 0 Å². The van der Waals surface area contributed by atoms with Gasteiger partial charge in [0.25, 0.3) is 10.0 Å². The first-order valence-electron chi connectivity index (χ1n) is 7.22. The molecule has 0 saturated heterocycles. The lowest BCUT2D eigenvalue weighted by Crippen LogP contribution is -2.32. The summed E-state index contributed by atoms with van der Waals surface area (Å²) < 4.78 is 26.4. The van der Waals surface area contributed by atoms with Crippen LogP contribution in [0, 0.1) is 0 Å². The van der Waals surface area contributed by atoms with Crippen LogP contribution >= 0.6 is 0 Å². The van der Waals surface area contributed by atoms with Gasteiger partial charge in [0.1, 0.15) is 0 Å². The molecule has 1 aromatic rings. The fourth-order valence-electron chi connectivity index (χ4n) is 1.85. The molecule has 1 heterocycles. The number of sulfonamides is 1. The Hall–Kier alpha value is -0.980. The fourth-order valence-corrected chi connectivity index (χ4v) is 3.25. The average molecular weight is 299 g/mol. The molecule has 5 nitrogen and oxygen atoms in total. The molecule has 0 unspecified atom stereocenters. The highest BCUT2D eigenvalue weighted by molar-refractivity contribution is 7.89. The fraction of sp³-hybridized carbons (Fsp3) is 0.643. The molecular weight excluding hydrogens is 274 g/mol. The van der Waals surface area contributed by atoms with Crippen molar-refractivity contribution in [1.82, 2.24) is 14.6 Å². The number of nitrogens with one attached hydrogen (secondary N) is 1. The summed E-state index contributed by atoms with van der Waals surface area (Å²) in [6, 6.07) is 3.41. The Morgan fingerprint density at radius 1 is 1.25 bits per heavy atom. The third kappa shape index (κ3) is 4.54. The van der Waals surface area contributed by atoms with Crippen molar-refractivity contribution in [2.45, 2.75) is 45.2 Å². The first kappa shape index (κ1) is 17.1. The van der Waals surface area contributed by atoms with Gasteiger partial charge in [-0.3, -0.25) is 0 Å². The Kier molecular flexibility index (Phi) is 7.12. The van der Waals surface area contributed by atoms with Gasteiger partial charge in [0, 0.05) is 25.8 Å². The van der Waals surface area contributed by atoms with E-state index in [1.165, 1.54) is 4.31 Å². The summed E-state index contributed by atoms with van der Waals surface area (Å²) in [7, 11) is -3.46. The second kappa shape index (κ2) is 8.34. The van der Waals surface area contributed by atoms with Crippen LogP contribution < -0.4 is 5.32 Å². The first-order chi connectivity index (χ1) is 9.56. The highest BCUT2D eigenvalue weighted by Crippen LogP contribution is 2.14. The Balaban J connectivity index is 2.85. The zero-order chi connectivity index (χ0) is 15.0. The van der Waals surface area contributed by atoms with Crippen LogP contribution in [0.1, 0.15) is 39.2 Å². The lowest BCUT2D eigenvalue weighted by Gasteiger charge is -2.19. The van der Waals surface area contributed by atoms with Crippen LogP contribution in [0.15, 0.2) is 23.4 Å². The van der Waals surface area contributed by atoms with Crippen LogP contribution in [0.5, 0.6) is 0 Å². The quantitative estimate of drug-likeness (QED) is 0.757. The Morgan fingerprint density at radius 2 is 2.00 bits per heavy atom. The molecule has 0 atom stereocenters.